The summed E-state index contributed by atoms with van der Waals surface area (Å²) >= 11 is 0. The van der Waals surface area contributed by atoms with Crippen molar-refractivity contribution in [3.63, 3.8) is 0 Å². The van der Waals surface area contributed by atoms with E-state index in [2.05, 4.69) is 0 Å². The van der Waals surface area contributed by atoms with E-state index in [-0.39, 0.29) is 17.1 Å². The van der Waals surface area contributed by atoms with Crippen LogP contribution in [0.2, 0.25) is 0 Å². The van der Waals surface area contributed by atoms with Gasteiger partial charge >= 0.3 is 0 Å². The molecule has 0 aliphatic rings. The molecule has 0 spiro atoms. The zero-order chi connectivity index (χ0) is 13.3. The number of rotatable bonds is 3. The van der Waals surface area contributed by atoms with Crippen LogP contribution < -0.4 is 0 Å². The summed E-state index contributed by atoms with van der Waals surface area (Å²) < 4.78 is 32.4. The number of carbonyl (C=O) groups is 2. The molecule has 0 amide bonds. The van der Waals surface area contributed by atoms with E-state index in [0.29, 0.717) is 6.29 Å². The quantitative estimate of drug-likeness (QED) is 0.620. The minimum Gasteiger partial charge on any atom is -0.453 e. The van der Waals surface area contributed by atoms with E-state index in [1.54, 1.807) is 0 Å². The lowest BCUT2D eigenvalue weighted by atomic mass is 10.1. The van der Waals surface area contributed by atoms with Gasteiger partial charge in [0.05, 0.1) is 5.56 Å². The molecular weight excluding hydrogens is 242 g/mol. The van der Waals surface area contributed by atoms with Crippen LogP contribution in [0.15, 0.2) is 28.7 Å². The summed E-state index contributed by atoms with van der Waals surface area (Å²) in [7, 11) is 0. The Labute approximate surface area is 101 Å². The summed E-state index contributed by atoms with van der Waals surface area (Å²) in [4.78, 5) is 21.5. The molecule has 0 bridgehead atoms. The highest BCUT2D eigenvalue weighted by molar-refractivity contribution is 5.94. The average molecular weight is 250 g/mol. The van der Waals surface area contributed by atoms with Crippen LogP contribution in [-0.4, -0.2) is 12.1 Å². The molecule has 0 saturated carbocycles. The number of carbonyl (C=O) groups excluding carboxylic acids is 2. The maximum Gasteiger partial charge on any atom is 0.185 e. The fourth-order valence-electron chi connectivity index (χ4n) is 1.56. The van der Waals surface area contributed by atoms with Crippen molar-refractivity contribution < 1.29 is 22.8 Å². The van der Waals surface area contributed by atoms with E-state index in [4.69, 9.17) is 4.42 Å². The Morgan fingerprint density at radius 1 is 1.22 bits per heavy atom. The SMILES string of the molecule is CC(=O)c1cc(F)c(-c2ccc(C=O)o2)c(F)c1. The van der Waals surface area contributed by atoms with Crippen molar-refractivity contribution in [3.8, 4) is 11.3 Å². The van der Waals surface area contributed by atoms with Gasteiger partial charge in [0.2, 0.25) is 0 Å². The maximum absolute atomic E-state index is 13.7. The third kappa shape index (κ3) is 2.07. The molecule has 2 aromatic rings. The Balaban J connectivity index is 2.57. The summed E-state index contributed by atoms with van der Waals surface area (Å²) in [5.74, 6) is -2.38. The molecule has 3 nitrogen and oxygen atoms in total. The Kier molecular flexibility index (Phi) is 3.06. The molecule has 1 heterocycles. The van der Waals surface area contributed by atoms with Gasteiger partial charge in [0.15, 0.2) is 17.8 Å². The summed E-state index contributed by atoms with van der Waals surface area (Å²) in [6.07, 6.45) is 0.434. The highest BCUT2D eigenvalue weighted by atomic mass is 19.1. The third-order valence-corrected chi connectivity index (χ3v) is 2.44. The minimum atomic E-state index is -0.910. The zero-order valence-corrected chi connectivity index (χ0v) is 9.37. The third-order valence-electron chi connectivity index (χ3n) is 2.44. The molecule has 0 unspecified atom stereocenters. The van der Waals surface area contributed by atoms with E-state index in [0.717, 1.165) is 12.1 Å². The standard InChI is InChI=1S/C13H8F2O3/c1-7(17)8-4-10(14)13(11(15)5-8)12-3-2-9(6-16)18-12/h2-6H,1H3. The largest absolute Gasteiger partial charge is 0.453 e. The fraction of sp³-hybridized carbons (Fsp3) is 0.0769. The summed E-state index contributed by atoms with van der Waals surface area (Å²) in [6.45, 7) is 1.21. The number of furan rings is 1. The van der Waals surface area contributed by atoms with Gasteiger partial charge in [-0.3, -0.25) is 9.59 Å². The second kappa shape index (κ2) is 4.52. The van der Waals surface area contributed by atoms with Gasteiger partial charge in [-0.1, -0.05) is 0 Å². The van der Waals surface area contributed by atoms with Gasteiger partial charge < -0.3 is 4.42 Å². The van der Waals surface area contributed by atoms with E-state index in [1.165, 1.54) is 19.1 Å². The number of benzene rings is 1. The molecule has 0 atom stereocenters. The molecule has 2 rings (SSSR count). The Morgan fingerprint density at radius 3 is 2.28 bits per heavy atom. The monoisotopic (exact) mass is 250 g/mol. The molecule has 1 aromatic carbocycles. The molecule has 0 N–H and O–H groups in total. The van der Waals surface area contributed by atoms with Crippen molar-refractivity contribution in [2.45, 2.75) is 6.92 Å². The van der Waals surface area contributed by atoms with Gasteiger partial charge in [-0.15, -0.1) is 0 Å². The van der Waals surface area contributed by atoms with Crippen LogP contribution >= 0.6 is 0 Å². The smallest absolute Gasteiger partial charge is 0.185 e. The number of Topliss-reactive ketones (excluding diaryl/α,β-unsaturated/α-hetero) is 1. The predicted octanol–water partition coefficient (Wildman–Crippen LogP) is 3.24. The highest BCUT2D eigenvalue weighted by Crippen LogP contribution is 2.28. The fourth-order valence-corrected chi connectivity index (χ4v) is 1.56. The number of aldehydes is 1. The Bertz CT molecular complexity index is 606. The van der Waals surface area contributed by atoms with Crippen LogP contribution in [0.25, 0.3) is 11.3 Å². The second-order valence-electron chi connectivity index (χ2n) is 3.69. The topological polar surface area (TPSA) is 47.3 Å². The van der Waals surface area contributed by atoms with Gasteiger partial charge in [0.25, 0.3) is 0 Å². The van der Waals surface area contributed by atoms with E-state index < -0.39 is 23.0 Å². The van der Waals surface area contributed by atoms with E-state index in [1.807, 2.05) is 0 Å². The van der Waals surface area contributed by atoms with Gasteiger partial charge in [-0.25, -0.2) is 8.78 Å². The van der Waals surface area contributed by atoms with Crippen LogP contribution in [0.4, 0.5) is 8.78 Å². The van der Waals surface area contributed by atoms with Crippen LogP contribution in [0.1, 0.15) is 27.8 Å². The van der Waals surface area contributed by atoms with Gasteiger partial charge in [-0.2, -0.15) is 0 Å². The molecule has 0 aliphatic carbocycles. The molecule has 5 heteroatoms. The van der Waals surface area contributed by atoms with E-state index in [9.17, 15) is 18.4 Å². The maximum atomic E-state index is 13.7. The van der Waals surface area contributed by atoms with Crippen molar-refractivity contribution >= 4 is 12.1 Å². The lowest BCUT2D eigenvalue weighted by Crippen LogP contribution is -1.98. The molecule has 1 aromatic heterocycles. The predicted molar refractivity (Wildman–Crippen MR) is 59.5 cm³/mol. The molecular formula is C13H8F2O3. The number of hydrogen-bond acceptors (Lipinski definition) is 3. The average Bonchev–Trinajstić information content (AvgIpc) is 2.76. The van der Waals surface area contributed by atoms with Crippen molar-refractivity contribution in [1.29, 1.82) is 0 Å². The van der Waals surface area contributed by atoms with Crippen LogP contribution in [0.5, 0.6) is 0 Å². The van der Waals surface area contributed by atoms with Crippen LogP contribution in [-0.2, 0) is 0 Å². The number of halogens is 2. The lowest BCUT2D eigenvalue weighted by molar-refractivity contribution is 0.101. The summed E-state index contributed by atoms with van der Waals surface area (Å²) in [5.41, 5.74) is -0.455. The van der Waals surface area contributed by atoms with Crippen molar-refractivity contribution in [2.24, 2.45) is 0 Å². The Morgan fingerprint density at radius 2 is 1.83 bits per heavy atom. The molecule has 0 fully saturated rings. The lowest BCUT2D eigenvalue weighted by Gasteiger charge is -2.04. The van der Waals surface area contributed by atoms with Gasteiger partial charge in [-0.05, 0) is 31.2 Å². The van der Waals surface area contributed by atoms with Crippen LogP contribution in [0, 0.1) is 11.6 Å². The molecule has 0 radical (unpaired) electrons. The second-order valence-corrected chi connectivity index (χ2v) is 3.69. The first-order valence-electron chi connectivity index (χ1n) is 5.08. The normalized spacial score (nSPS) is 10.4. The van der Waals surface area contributed by atoms with E-state index >= 15 is 0 Å². The molecule has 0 aliphatic heterocycles. The number of ketones is 1. The molecule has 0 saturated heterocycles. The summed E-state index contributed by atoms with van der Waals surface area (Å²) in [6, 6.07) is 4.46. The zero-order valence-electron chi connectivity index (χ0n) is 9.37. The van der Waals surface area contributed by atoms with Gasteiger partial charge in [0, 0.05) is 5.56 Å². The number of hydrogen-bond donors (Lipinski definition) is 0. The highest BCUT2D eigenvalue weighted by Gasteiger charge is 2.17. The van der Waals surface area contributed by atoms with Crippen molar-refractivity contribution in [2.75, 3.05) is 0 Å². The van der Waals surface area contributed by atoms with Crippen molar-refractivity contribution in [1.82, 2.24) is 0 Å². The first kappa shape index (κ1) is 12.2. The molecule has 92 valence electrons. The minimum absolute atomic E-state index is 0.0283. The van der Waals surface area contributed by atoms with Crippen LogP contribution in [0.3, 0.4) is 0 Å². The summed E-state index contributed by atoms with van der Waals surface area (Å²) in [5, 5.41) is 0. The Hall–Kier alpha value is -2.30. The molecule has 18 heavy (non-hydrogen) atoms. The first-order valence-corrected chi connectivity index (χ1v) is 5.08. The van der Waals surface area contributed by atoms with Gasteiger partial charge in [0.1, 0.15) is 17.4 Å². The first-order chi connectivity index (χ1) is 8.52. The van der Waals surface area contributed by atoms with Crippen molar-refractivity contribution in [3.05, 3.63) is 47.2 Å².